The van der Waals surface area contributed by atoms with Crippen molar-refractivity contribution < 1.29 is 14.3 Å². The molecule has 1 aliphatic rings. The number of hydrogen-bond donors (Lipinski definition) is 0. The van der Waals surface area contributed by atoms with Crippen molar-refractivity contribution in [3.8, 4) is 11.5 Å². The number of aromatic nitrogens is 1. The molecule has 0 radical (unpaired) electrons. The number of amides is 1. The van der Waals surface area contributed by atoms with Crippen LogP contribution in [0, 0.1) is 0 Å². The molecule has 5 nitrogen and oxygen atoms in total. The second-order valence-electron chi connectivity index (χ2n) is 6.38. The molecule has 1 aromatic heterocycles. The molecule has 0 N–H and O–H groups in total. The second-order valence-corrected chi connectivity index (χ2v) is 6.38. The van der Waals surface area contributed by atoms with Crippen LogP contribution in [0.25, 0.3) is 0 Å². The first kappa shape index (κ1) is 17.4. The number of rotatable bonds is 7. The minimum absolute atomic E-state index is 0.0972. The fourth-order valence-electron chi connectivity index (χ4n) is 3.56. The van der Waals surface area contributed by atoms with E-state index in [-0.39, 0.29) is 11.9 Å². The van der Waals surface area contributed by atoms with E-state index in [0.717, 1.165) is 49.4 Å². The van der Waals surface area contributed by atoms with Crippen LogP contribution < -0.4 is 9.47 Å². The normalized spacial score (nSPS) is 16.9. The lowest BCUT2D eigenvalue weighted by Crippen LogP contribution is -2.30. The molecule has 2 heterocycles. The van der Waals surface area contributed by atoms with E-state index in [2.05, 4.69) is 4.57 Å². The zero-order valence-corrected chi connectivity index (χ0v) is 15.0. The van der Waals surface area contributed by atoms with Gasteiger partial charge in [0.15, 0.2) is 0 Å². The maximum absolute atomic E-state index is 12.7. The van der Waals surface area contributed by atoms with Gasteiger partial charge in [0.1, 0.15) is 11.5 Å². The van der Waals surface area contributed by atoms with E-state index < -0.39 is 0 Å². The molecule has 0 saturated carbocycles. The maximum atomic E-state index is 12.7. The topological polar surface area (TPSA) is 43.7 Å². The molecule has 1 atom stereocenters. The molecule has 1 saturated heterocycles. The van der Waals surface area contributed by atoms with Crippen molar-refractivity contribution in [2.45, 2.75) is 38.3 Å². The SMILES string of the molecule is COc1ccc(C2CCCN2C(=O)CCCn2cccc2)c(OC)c1. The summed E-state index contributed by atoms with van der Waals surface area (Å²) < 4.78 is 12.9. The number of hydrogen-bond acceptors (Lipinski definition) is 3. The molecule has 134 valence electrons. The molecule has 1 amide bonds. The molecule has 0 spiro atoms. The van der Waals surface area contributed by atoms with E-state index in [1.807, 2.05) is 47.6 Å². The molecule has 25 heavy (non-hydrogen) atoms. The molecule has 3 rings (SSSR count). The Labute approximate surface area is 149 Å². The van der Waals surface area contributed by atoms with E-state index in [9.17, 15) is 4.79 Å². The molecule has 1 fully saturated rings. The van der Waals surface area contributed by atoms with Gasteiger partial charge in [0.2, 0.25) is 5.91 Å². The summed E-state index contributed by atoms with van der Waals surface area (Å²) in [5.41, 5.74) is 1.07. The molecule has 1 unspecified atom stereocenters. The van der Waals surface area contributed by atoms with Crippen molar-refractivity contribution in [3.63, 3.8) is 0 Å². The highest BCUT2D eigenvalue weighted by Crippen LogP contribution is 2.39. The Bertz CT molecular complexity index is 697. The van der Waals surface area contributed by atoms with Crippen molar-refractivity contribution in [3.05, 3.63) is 48.3 Å². The number of ether oxygens (including phenoxy) is 2. The fraction of sp³-hybridized carbons (Fsp3) is 0.450. The largest absolute Gasteiger partial charge is 0.497 e. The summed E-state index contributed by atoms with van der Waals surface area (Å²) in [6.07, 6.45) is 7.51. The van der Waals surface area contributed by atoms with Crippen molar-refractivity contribution in [1.82, 2.24) is 9.47 Å². The number of benzene rings is 1. The Morgan fingerprint density at radius 3 is 2.72 bits per heavy atom. The van der Waals surface area contributed by atoms with Crippen molar-refractivity contribution in [2.75, 3.05) is 20.8 Å². The molecule has 1 aliphatic heterocycles. The van der Waals surface area contributed by atoms with Gasteiger partial charge in [0.25, 0.3) is 0 Å². The van der Waals surface area contributed by atoms with Crippen LogP contribution in [0.5, 0.6) is 11.5 Å². The molecule has 1 aromatic carbocycles. The first-order valence-corrected chi connectivity index (χ1v) is 8.85. The van der Waals surface area contributed by atoms with Crippen LogP contribution in [-0.2, 0) is 11.3 Å². The first-order chi connectivity index (χ1) is 12.2. The molecular weight excluding hydrogens is 316 g/mol. The van der Waals surface area contributed by atoms with Gasteiger partial charge in [-0.05, 0) is 43.5 Å². The highest BCUT2D eigenvalue weighted by Gasteiger charge is 2.31. The van der Waals surface area contributed by atoms with Crippen LogP contribution in [0.15, 0.2) is 42.7 Å². The van der Waals surface area contributed by atoms with E-state index in [4.69, 9.17) is 9.47 Å². The molecule has 5 heteroatoms. The number of methoxy groups -OCH3 is 2. The Hall–Kier alpha value is -2.43. The quantitative estimate of drug-likeness (QED) is 0.771. The van der Waals surface area contributed by atoms with E-state index in [1.54, 1.807) is 14.2 Å². The van der Waals surface area contributed by atoms with Crippen molar-refractivity contribution >= 4 is 5.91 Å². The third-order valence-electron chi connectivity index (χ3n) is 4.85. The maximum Gasteiger partial charge on any atom is 0.223 e. The summed E-state index contributed by atoms with van der Waals surface area (Å²) in [4.78, 5) is 14.7. The third-order valence-corrected chi connectivity index (χ3v) is 4.85. The van der Waals surface area contributed by atoms with E-state index in [0.29, 0.717) is 6.42 Å². The fourth-order valence-corrected chi connectivity index (χ4v) is 3.56. The summed E-state index contributed by atoms with van der Waals surface area (Å²) >= 11 is 0. The van der Waals surface area contributed by atoms with Crippen LogP contribution in [-0.4, -0.2) is 36.1 Å². The predicted octanol–water partition coefficient (Wildman–Crippen LogP) is 3.65. The minimum Gasteiger partial charge on any atom is -0.497 e. The van der Waals surface area contributed by atoms with Crippen LogP contribution in [0.2, 0.25) is 0 Å². The van der Waals surface area contributed by atoms with Gasteiger partial charge >= 0.3 is 0 Å². The summed E-state index contributed by atoms with van der Waals surface area (Å²) in [6.45, 7) is 1.70. The van der Waals surface area contributed by atoms with Gasteiger partial charge in [0, 0.05) is 43.5 Å². The highest BCUT2D eigenvalue weighted by atomic mass is 16.5. The summed E-state index contributed by atoms with van der Waals surface area (Å²) in [5, 5.41) is 0. The molecule has 0 aliphatic carbocycles. The van der Waals surface area contributed by atoms with Gasteiger partial charge < -0.3 is 18.9 Å². The van der Waals surface area contributed by atoms with E-state index >= 15 is 0 Å². The summed E-state index contributed by atoms with van der Waals surface area (Å²) in [5.74, 6) is 1.78. The predicted molar refractivity (Wildman–Crippen MR) is 96.9 cm³/mol. The Morgan fingerprint density at radius 1 is 1.20 bits per heavy atom. The summed E-state index contributed by atoms with van der Waals surface area (Å²) in [7, 11) is 3.31. The van der Waals surface area contributed by atoms with Crippen molar-refractivity contribution in [1.29, 1.82) is 0 Å². The minimum atomic E-state index is 0.0972. The lowest BCUT2D eigenvalue weighted by Gasteiger charge is -2.26. The van der Waals surface area contributed by atoms with Gasteiger partial charge in [-0.1, -0.05) is 0 Å². The highest BCUT2D eigenvalue weighted by molar-refractivity contribution is 5.77. The molecule has 2 aromatic rings. The van der Waals surface area contributed by atoms with Gasteiger partial charge in [-0.2, -0.15) is 0 Å². The first-order valence-electron chi connectivity index (χ1n) is 8.85. The molecular formula is C20H26N2O3. The van der Waals surface area contributed by atoms with Gasteiger partial charge in [-0.15, -0.1) is 0 Å². The number of nitrogens with zero attached hydrogens (tertiary/aromatic N) is 2. The molecule has 0 bridgehead atoms. The Morgan fingerprint density at radius 2 is 2.00 bits per heavy atom. The van der Waals surface area contributed by atoms with E-state index in [1.165, 1.54) is 0 Å². The van der Waals surface area contributed by atoms with Crippen LogP contribution in [0.4, 0.5) is 0 Å². The number of carbonyl (C=O) groups excluding carboxylic acids is 1. The average Bonchev–Trinajstić information content (AvgIpc) is 3.32. The van der Waals surface area contributed by atoms with Crippen LogP contribution in [0.1, 0.15) is 37.3 Å². The third kappa shape index (κ3) is 3.98. The smallest absolute Gasteiger partial charge is 0.223 e. The Balaban J connectivity index is 1.66. The Kier molecular flexibility index (Phi) is 5.64. The van der Waals surface area contributed by atoms with Crippen LogP contribution >= 0.6 is 0 Å². The lowest BCUT2D eigenvalue weighted by molar-refractivity contribution is -0.132. The monoisotopic (exact) mass is 342 g/mol. The van der Waals surface area contributed by atoms with Gasteiger partial charge in [0.05, 0.1) is 20.3 Å². The second kappa shape index (κ2) is 8.10. The standard InChI is InChI=1S/C20H26N2O3/c1-24-16-9-10-17(19(15-16)25-2)18-7-5-14-22(18)20(23)8-6-13-21-11-3-4-12-21/h3-4,9-12,15,18H,5-8,13-14H2,1-2H3. The summed E-state index contributed by atoms with van der Waals surface area (Å²) in [6, 6.07) is 9.96. The van der Waals surface area contributed by atoms with Crippen molar-refractivity contribution in [2.24, 2.45) is 0 Å². The zero-order valence-electron chi connectivity index (χ0n) is 15.0. The number of aryl methyl sites for hydroxylation is 1. The van der Waals surface area contributed by atoms with Crippen LogP contribution in [0.3, 0.4) is 0 Å². The average molecular weight is 342 g/mol. The number of likely N-dealkylation sites (tertiary alicyclic amines) is 1. The number of carbonyl (C=O) groups is 1. The zero-order chi connectivity index (χ0) is 17.6. The van der Waals surface area contributed by atoms with Gasteiger partial charge in [-0.3, -0.25) is 4.79 Å². The van der Waals surface area contributed by atoms with Gasteiger partial charge in [-0.25, -0.2) is 0 Å². The lowest BCUT2D eigenvalue weighted by atomic mass is 10.0.